The lowest BCUT2D eigenvalue weighted by molar-refractivity contribution is -0.114. The Morgan fingerprint density at radius 1 is 0.839 bits per heavy atom. The monoisotopic (exact) mass is 427 g/mol. The average molecular weight is 428 g/mol. The zero-order valence-electron chi connectivity index (χ0n) is 17.2. The highest BCUT2D eigenvalue weighted by molar-refractivity contribution is 8.00. The second-order valence-corrected chi connectivity index (χ2v) is 8.48. The number of carbonyl (C=O) groups is 2. The summed E-state index contributed by atoms with van der Waals surface area (Å²) in [5, 5.41) is 14.0. The molecule has 0 spiro atoms. The van der Waals surface area contributed by atoms with Gasteiger partial charge in [0.1, 0.15) is 10.7 Å². The molecule has 1 aromatic heterocycles. The van der Waals surface area contributed by atoms with Gasteiger partial charge in [-0.2, -0.15) is 0 Å². The molecule has 5 nitrogen and oxygen atoms in total. The Hall–Kier alpha value is -3.51. The summed E-state index contributed by atoms with van der Waals surface area (Å²) in [4.78, 5) is 24.1. The number of anilines is 1. The summed E-state index contributed by atoms with van der Waals surface area (Å²) in [5.41, 5.74) is 3.09. The number of hydrogen-bond donors (Lipinski definition) is 1. The van der Waals surface area contributed by atoms with Crippen molar-refractivity contribution in [3.8, 4) is 11.3 Å². The lowest BCUT2D eigenvalue weighted by Gasteiger charge is -2.13. The van der Waals surface area contributed by atoms with Crippen LogP contribution in [0.3, 0.4) is 0 Å². The van der Waals surface area contributed by atoms with Crippen LogP contribution >= 0.6 is 11.8 Å². The van der Waals surface area contributed by atoms with Crippen LogP contribution in [0, 0.1) is 0 Å². The third-order valence-electron chi connectivity index (χ3n) is 4.85. The zero-order valence-corrected chi connectivity index (χ0v) is 18.0. The highest BCUT2D eigenvalue weighted by atomic mass is 32.2. The van der Waals surface area contributed by atoms with Gasteiger partial charge in [-0.05, 0) is 31.2 Å². The minimum Gasteiger partial charge on any atom is -0.326 e. The van der Waals surface area contributed by atoms with Crippen LogP contribution in [0.4, 0.5) is 5.69 Å². The Morgan fingerprint density at radius 3 is 2.16 bits per heavy atom. The molecule has 4 aromatic rings. The van der Waals surface area contributed by atoms with Crippen molar-refractivity contribution in [2.24, 2.45) is 0 Å². The number of ketones is 1. The summed E-state index contributed by atoms with van der Waals surface area (Å²) < 4.78 is 0. The maximum absolute atomic E-state index is 13.0. The molecule has 1 heterocycles. The summed E-state index contributed by atoms with van der Waals surface area (Å²) in [5.74, 6) is -0.148. The number of aromatic nitrogens is 2. The quantitative estimate of drug-likeness (QED) is 0.319. The average Bonchev–Trinajstić information content (AvgIpc) is 2.79. The molecule has 0 aliphatic heterocycles. The molecular weight excluding hydrogens is 406 g/mol. The zero-order chi connectivity index (χ0) is 21.8. The third-order valence-corrected chi connectivity index (χ3v) is 5.94. The maximum Gasteiger partial charge on any atom is 0.221 e. The van der Waals surface area contributed by atoms with Gasteiger partial charge in [0.2, 0.25) is 5.91 Å². The Morgan fingerprint density at radius 2 is 1.48 bits per heavy atom. The van der Waals surface area contributed by atoms with Crippen LogP contribution in [-0.4, -0.2) is 27.1 Å². The van der Waals surface area contributed by atoms with Gasteiger partial charge < -0.3 is 5.32 Å². The number of benzene rings is 3. The Bertz CT molecular complexity index is 1240. The summed E-state index contributed by atoms with van der Waals surface area (Å²) in [7, 11) is 0. The molecular formula is C25H21N3O2S. The molecule has 4 rings (SSSR count). The van der Waals surface area contributed by atoms with Crippen molar-refractivity contribution in [1.82, 2.24) is 10.2 Å². The minimum absolute atomic E-state index is 0.00241. The molecule has 154 valence electrons. The molecule has 1 N–H and O–H groups in total. The predicted molar refractivity (Wildman–Crippen MR) is 125 cm³/mol. The van der Waals surface area contributed by atoms with Crippen molar-refractivity contribution in [2.75, 3.05) is 5.32 Å². The summed E-state index contributed by atoms with van der Waals surface area (Å²) in [6.07, 6.45) is 0. The number of carbonyl (C=O) groups excluding carboxylic acids is 2. The standard InChI is InChI=1S/C25H21N3O2S/c1-16(24(30)19-12-14-20(15-13-19)26-17(2)29)31-25-22-11-7-6-10-21(22)23(27-28-25)18-8-4-3-5-9-18/h3-16H,1-2H3,(H,26,29)/t16-/m1/s1. The number of rotatable bonds is 6. The highest BCUT2D eigenvalue weighted by Gasteiger charge is 2.20. The summed E-state index contributed by atoms with van der Waals surface area (Å²) in [6, 6.07) is 24.9. The van der Waals surface area contributed by atoms with Gasteiger partial charge in [0.05, 0.1) is 5.25 Å². The third kappa shape index (κ3) is 4.64. The van der Waals surface area contributed by atoms with Gasteiger partial charge in [0.15, 0.2) is 5.78 Å². The van der Waals surface area contributed by atoms with Gasteiger partial charge in [-0.15, -0.1) is 10.2 Å². The van der Waals surface area contributed by atoms with Crippen molar-refractivity contribution >= 4 is 39.9 Å². The molecule has 31 heavy (non-hydrogen) atoms. The van der Waals surface area contributed by atoms with E-state index in [2.05, 4.69) is 15.5 Å². The van der Waals surface area contributed by atoms with Crippen LogP contribution in [0.2, 0.25) is 0 Å². The van der Waals surface area contributed by atoms with Gasteiger partial charge in [0.25, 0.3) is 0 Å². The van der Waals surface area contributed by atoms with E-state index in [9.17, 15) is 9.59 Å². The fraction of sp³-hybridized carbons (Fsp3) is 0.120. The maximum atomic E-state index is 13.0. The lowest BCUT2D eigenvalue weighted by Crippen LogP contribution is -2.14. The molecule has 3 aromatic carbocycles. The molecule has 0 radical (unpaired) electrons. The van der Waals surface area contributed by atoms with Crippen molar-refractivity contribution in [1.29, 1.82) is 0 Å². The number of nitrogens with zero attached hydrogens (tertiary/aromatic N) is 2. The largest absolute Gasteiger partial charge is 0.326 e. The highest BCUT2D eigenvalue weighted by Crippen LogP contribution is 2.34. The first-order chi connectivity index (χ1) is 15.0. The summed E-state index contributed by atoms with van der Waals surface area (Å²) in [6.45, 7) is 3.32. The van der Waals surface area contributed by atoms with Gasteiger partial charge in [-0.3, -0.25) is 9.59 Å². The van der Waals surface area contributed by atoms with E-state index in [1.807, 2.05) is 61.5 Å². The van der Waals surface area contributed by atoms with Crippen LogP contribution in [0.1, 0.15) is 24.2 Å². The molecule has 0 bridgehead atoms. The van der Waals surface area contributed by atoms with Crippen molar-refractivity contribution < 1.29 is 9.59 Å². The normalized spacial score (nSPS) is 11.8. The first-order valence-corrected chi connectivity index (χ1v) is 10.8. The van der Waals surface area contributed by atoms with Crippen LogP contribution in [0.15, 0.2) is 83.9 Å². The molecule has 0 aliphatic rings. The van der Waals surface area contributed by atoms with E-state index in [-0.39, 0.29) is 16.9 Å². The van der Waals surface area contributed by atoms with Crippen LogP contribution < -0.4 is 5.32 Å². The number of thioether (sulfide) groups is 1. The second-order valence-electron chi connectivity index (χ2n) is 7.15. The van der Waals surface area contributed by atoms with E-state index in [0.29, 0.717) is 11.3 Å². The number of nitrogens with one attached hydrogen (secondary N) is 1. The topological polar surface area (TPSA) is 72.0 Å². The fourth-order valence-electron chi connectivity index (χ4n) is 3.35. The molecule has 0 unspecified atom stereocenters. The number of amides is 1. The molecule has 1 atom stereocenters. The Balaban J connectivity index is 1.60. The molecule has 6 heteroatoms. The van der Waals surface area contributed by atoms with Crippen LogP contribution in [0.25, 0.3) is 22.0 Å². The number of fused-ring (bicyclic) bond motifs is 1. The minimum atomic E-state index is -0.341. The van der Waals surface area contributed by atoms with Gasteiger partial charge in [0, 0.05) is 34.5 Å². The predicted octanol–water partition coefficient (Wildman–Crippen LogP) is 5.62. The Labute approximate surface area is 184 Å². The Kier molecular flexibility index (Phi) is 6.09. The fourth-order valence-corrected chi connectivity index (χ4v) is 4.32. The van der Waals surface area contributed by atoms with E-state index in [1.165, 1.54) is 18.7 Å². The van der Waals surface area contributed by atoms with Crippen molar-refractivity contribution in [2.45, 2.75) is 24.1 Å². The van der Waals surface area contributed by atoms with E-state index < -0.39 is 0 Å². The first kappa shape index (κ1) is 20.8. The molecule has 0 aliphatic carbocycles. The van der Waals surface area contributed by atoms with Crippen LogP contribution in [-0.2, 0) is 4.79 Å². The van der Waals surface area contributed by atoms with Gasteiger partial charge in [-0.25, -0.2) is 0 Å². The van der Waals surface area contributed by atoms with Crippen molar-refractivity contribution in [3.63, 3.8) is 0 Å². The number of Topliss-reactive ketones (excluding diaryl/α,β-unsaturated/α-hetero) is 1. The van der Waals surface area contributed by atoms with Crippen molar-refractivity contribution in [3.05, 3.63) is 84.4 Å². The number of hydrogen-bond acceptors (Lipinski definition) is 5. The van der Waals surface area contributed by atoms with Crippen LogP contribution in [0.5, 0.6) is 0 Å². The lowest BCUT2D eigenvalue weighted by atomic mass is 10.1. The van der Waals surface area contributed by atoms with E-state index >= 15 is 0 Å². The SMILES string of the molecule is CC(=O)Nc1ccc(C(=O)[C@@H](C)Sc2nnc(-c3ccccc3)c3ccccc23)cc1. The first-order valence-electron chi connectivity index (χ1n) is 9.92. The van der Waals surface area contributed by atoms with E-state index in [0.717, 1.165) is 27.1 Å². The second kappa shape index (κ2) is 9.10. The van der Waals surface area contributed by atoms with E-state index in [1.54, 1.807) is 24.3 Å². The smallest absolute Gasteiger partial charge is 0.221 e. The molecule has 1 amide bonds. The molecule has 0 saturated heterocycles. The summed E-state index contributed by atoms with van der Waals surface area (Å²) >= 11 is 1.40. The molecule has 0 fully saturated rings. The van der Waals surface area contributed by atoms with E-state index in [4.69, 9.17) is 0 Å². The van der Waals surface area contributed by atoms with Gasteiger partial charge in [-0.1, -0.05) is 66.4 Å². The molecule has 0 saturated carbocycles. The van der Waals surface area contributed by atoms with Gasteiger partial charge >= 0.3 is 0 Å².